The van der Waals surface area contributed by atoms with Gasteiger partial charge in [0.2, 0.25) is 0 Å². The second kappa shape index (κ2) is 9.53. The third-order valence-corrected chi connectivity index (χ3v) is 6.32. The number of nitrogens with zero attached hydrogens (tertiary/aromatic N) is 5. The fourth-order valence-corrected chi connectivity index (χ4v) is 4.43. The molecule has 1 aliphatic heterocycles. The minimum absolute atomic E-state index is 0.760. The molecule has 6 nitrogen and oxygen atoms in total. The van der Waals surface area contributed by atoms with Gasteiger partial charge in [-0.3, -0.25) is 0 Å². The molecule has 0 N–H and O–H groups in total. The van der Waals surface area contributed by atoms with E-state index in [1.54, 1.807) is 0 Å². The Labute approximate surface area is 195 Å². The van der Waals surface area contributed by atoms with Gasteiger partial charge in [-0.1, -0.05) is 31.5 Å². The molecule has 2 aromatic heterocycles. The number of benzene rings is 2. The van der Waals surface area contributed by atoms with Crippen LogP contribution in [0.25, 0.3) is 16.8 Å². The summed E-state index contributed by atoms with van der Waals surface area (Å²) in [7, 11) is 0. The zero-order valence-electron chi connectivity index (χ0n) is 19.4. The Morgan fingerprint density at radius 3 is 2.45 bits per heavy atom. The summed E-state index contributed by atoms with van der Waals surface area (Å²) in [6.07, 6.45) is 5.98. The Balaban J connectivity index is 1.33. The minimum Gasteiger partial charge on any atom is -0.494 e. The van der Waals surface area contributed by atoms with Crippen LogP contribution in [0.4, 0.5) is 11.5 Å². The summed E-state index contributed by atoms with van der Waals surface area (Å²) in [6.45, 7) is 8.94. The molecular weight excluding hydrogens is 410 g/mol. The molecule has 3 heterocycles. The van der Waals surface area contributed by atoms with Crippen LogP contribution in [-0.2, 0) is 0 Å². The molecule has 5 rings (SSSR count). The van der Waals surface area contributed by atoms with E-state index in [1.165, 1.54) is 11.3 Å². The second-order valence-corrected chi connectivity index (χ2v) is 8.60. The molecule has 1 saturated heterocycles. The fourth-order valence-electron chi connectivity index (χ4n) is 4.43. The Hall–Kier alpha value is -3.54. The average molecular weight is 442 g/mol. The molecule has 33 heavy (non-hydrogen) atoms. The van der Waals surface area contributed by atoms with Crippen LogP contribution in [0, 0.1) is 6.92 Å². The van der Waals surface area contributed by atoms with Crippen molar-refractivity contribution in [1.82, 2.24) is 14.6 Å². The molecule has 1 fully saturated rings. The van der Waals surface area contributed by atoms with Gasteiger partial charge in [0.25, 0.3) is 0 Å². The summed E-state index contributed by atoms with van der Waals surface area (Å²) >= 11 is 0. The lowest BCUT2D eigenvalue weighted by Crippen LogP contribution is -2.47. The summed E-state index contributed by atoms with van der Waals surface area (Å²) in [5.74, 6) is 1.91. The molecule has 0 spiro atoms. The van der Waals surface area contributed by atoms with E-state index in [-0.39, 0.29) is 0 Å². The Morgan fingerprint density at radius 1 is 0.939 bits per heavy atom. The molecule has 0 radical (unpaired) electrons. The number of para-hydroxylation sites is 1. The number of hydrogen-bond acceptors (Lipinski definition) is 5. The first kappa shape index (κ1) is 21.3. The lowest BCUT2D eigenvalue weighted by molar-refractivity contribution is 0.309. The van der Waals surface area contributed by atoms with Crippen molar-refractivity contribution in [3.63, 3.8) is 0 Å². The van der Waals surface area contributed by atoms with E-state index in [0.717, 1.165) is 74.0 Å². The van der Waals surface area contributed by atoms with E-state index >= 15 is 0 Å². The summed E-state index contributed by atoms with van der Waals surface area (Å²) in [4.78, 5) is 9.58. The van der Waals surface area contributed by atoms with Gasteiger partial charge in [0.05, 0.1) is 12.3 Å². The van der Waals surface area contributed by atoms with Gasteiger partial charge >= 0.3 is 0 Å². The van der Waals surface area contributed by atoms with Crippen molar-refractivity contribution >= 4 is 17.0 Å². The summed E-state index contributed by atoms with van der Waals surface area (Å²) in [5.41, 5.74) is 5.73. The molecule has 170 valence electrons. The molecule has 1 aliphatic rings. The van der Waals surface area contributed by atoms with Gasteiger partial charge in [0.1, 0.15) is 11.3 Å². The van der Waals surface area contributed by atoms with Crippen LogP contribution < -0.4 is 14.5 Å². The molecule has 0 amide bonds. The van der Waals surface area contributed by atoms with Crippen LogP contribution in [-0.4, -0.2) is 47.4 Å². The maximum atomic E-state index is 5.80. The summed E-state index contributed by atoms with van der Waals surface area (Å²) < 4.78 is 7.74. The maximum absolute atomic E-state index is 5.80. The van der Waals surface area contributed by atoms with Gasteiger partial charge in [0, 0.05) is 49.8 Å². The van der Waals surface area contributed by atoms with Crippen LogP contribution >= 0.6 is 0 Å². The predicted molar refractivity (Wildman–Crippen MR) is 134 cm³/mol. The maximum Gasteiger partial charge on any atom is 0.154 e. The smallest absolute Gasteiger partial charge is 0.154 e. The number of hydrogen-bond donors (Lipinski definition) is 0. The highest BCUT2D eigenvalue weighted by Crippen LogP contribution is 2.28. The first-order chi connectivity index (χ1) is 16.2. The average Bonchev–Trinajstić information content (AvgIpc) is 3.30. The van der Waals surface area contributed by atoms with Gasteiger partial charge in [-0.2, -0.15) is 5.10 Å². The first-order valence-corrected chi connectivity index (χ1v) is 11.9. The molecule has 0 bridgehead atoms. The highest BCUT2D eigenvalue weighted by molar-refractivity contribution is 5.75. The molecule has 0 saturated carbocycles. The van der Waals surface area contributed by atoms with Crippen molar-refractivity contribution in [2.45, 2.75) is 26.7 Å². The van der Waals surface area contributed by atoms with E-state index in [9.17, 15) is 0 Å². The monoisotopic (exact) mass is 441 g/mol. The highest BCUT2D eigenvalue weighted by atomic mass is 16.5. The van der Waals surface area contributed by atoms with Gasteiger partial charge in [0.15, 0.2) is 5.82 Å². The number of piperazine rings is 1. The molecular formula is C27H31N5O. The van der Waals surface area contributed by atoms with Gasteiger partial charge in [-0.05, 0) is 55.3 Å². The molecule has 0 unspecified atom stereocenters. The molecule has 4 aromatic rings. The van der Waals surface area contributed by atoms with E-state index in [2.05, 4.69) is 66.1 Å². The number of ether oxygens (including phenoxy) is 1. The SMILES string of the molecule is CCCCOc1ccc(-c2cc3c(N4CCN(c5ccccc5C)CC4)nccn3n2)cc1. The third-order valence-electron chi connectivity index (χ3n) is 6.32. The number of fused-ring (bicyclic) bond motifs is 1. The van der Waals surface area contributed by atoms with Crippen LogP contribution in [0.15, 0.2) is 67.0 Å². The van der Waals surface area contributed by atoms with Gasteiger partial charge < -0.3 is 14.5 Å². The Kier molecular flexibility index (Phi) is 6.15. The number of rotatable bonds is 7. The molecule has 6 heteroatoms. The lowest BCUT2D eigenvalue weighted by Gasteiger charge is -2.37. The van der Waals surface area contributed by atoms with Crippen molar-refractivity contribution in [3.8, 4) is 17.0 Å². The quantitative estimate of drug-likeness (QED) is 0.369. The Morgan fingerprint density at radius 2 is 1.70 bits per heavy atom. The van der Waals surface area contributed by atoms with Crippen molar-refractivity contribution in [1.29, 1.82) is 0 Å². The first-order valence-electron chi connectivity index (χ1n) is 11.9. The van der Waals surface area contributed by atoms with Crippen LogP contribution in [0.5, 0.6) is 5.75 Å². The van der Waals surface area contributed by atoms with E-state index in [4.69, 9.17) is 14.8 Å². The van der Waals surface area contributed by atoms with Crippen molar-refractivity contribution in [3.05, 3.63) is 72.6 Å². The fraction of sp³-hybridized carbons (Fsp3) is 0.333. The van der Waals surface area contributed by atoms with Crippen molar-refractivity contribution < 1.29 is 4.74 Å². The van der Waals surface area contributed by atoms with Crippen LogP contribution in [0.2, 0.25) is 0 Å². The standard InChI is InChI=1S/C27H31N5O/c1-3-4-19-33-23-11-9-22(10-12-23)24-20-26-27(28-13-14-32(26)29-24)31-17-15-30(16-18-31)25-8-6-5-7-21(25)2/h5-14,20H,3-4,15-19H2,1-2H3. The van der Waals surface area contributed by atoms with Crippen molar-refractivity contribution in [2.24, 2.45) is 0 Å². The van der Waals surface area contributed by atoms with Gasteiger partial charge in [-0.25, -0.2) is 9.50 Å². The number of unbranched alkanes of at least 4 members (excludes halogenated alkanes) is 1. The Bertz CT molecular complexity index is 1210. The van der Waals surface area contributed by atoms with Gasteiger partial charge in [-0.15, -0.1) is 0 Å². The number of aryl methyl sites for hydroxylation is 1. The zero-order valence-corrected chi connectivity index (χ0v) is 19.4. The largest absolute Gasteiger partial charge is 0.494 e. The molecule has 0 aliphatic carbocycles. The zero-order chi connectivity index (χ0) is 22.6. The lowest BCUT2D eigenvalue weighted by atomic mass is 10.1. The van der Waals surface area contributed by atoms with Crippen molar-refractivity contribution in [2.75, 3.05) is 42.6 Å². The normalized spacial score (nSPS) is 14.1. The van der Waals surface area contributed by atoms with Crippen LogP contribution in [0.1, 0.15) is 25.3 Å². The molecule has 2 aromatic carbocycles. The second-order valence-electron chi connectivity index (χ2n) is 8.60. The highest BCUT2D eigenvalue weighted by Gasteiger charge is 2.21. The number of anilines is 2. The molecule has 0 atom stereocenters. The summed E-state index contributed by atoms with van der Waals surface area (Å²) in [5, 5.41) is 4.82. The predicted octanol–water partition coefficient (Wildman–Crippen LogP) is 5.21. The third kappa shape index (κ3) is 4.51. The topological polar surface area (TPSA) is 45.9 Å². The van der Waals surface area contributed by atoms with E-state index in [1.807, 2.05) is 29.0 Å². The summed E-state index contributed by atoms with van der Waals surface area (Å²) in [6, 6.07) is 19.0. The van der Waals surface area contributed by atoms with Crippen LogP contribution in [0.3, 0.4) is 0 Å². The van der Waals surface area contributed by atoms with E-state index < -0.39 is 0 Å². The van der Waals surface area contributed by atoms with E-state index in [0.29, 0.717) is 0 Å². The minimum atomic E-state index is 0.760. The number of aromatic nitrogens is 3.